The second kappa shape index (κ2) is 9.76. The van der Waals surface area contributed by atoms with E-state index < -0.39 is 0 Å². The first-order chi connectivity index (χ1) is 8.83. The van der Waals surface area contributed by atoms with Gasteiger partial charge < -0.3 is 14.8 Å². The van der Waals surface area contributed by atoms with Crippen LogP contribution in [0.4, 0.5) is 0 Å². The molecule has 1 N–H and O–H groups in total. The lowest BCUT2D eigenvalue weighted by atomic mass is 9.85. The molecule has 0 amide bonds. The average molecular weight is 257 g/mol. The molecule has 108 valence electrons. The van der Waals surface area contributed by atoms with Crippen LogP contribution in [0.15, 0.2) is 0 Å². The Morgan fingerprint density at radius 3 is 2.44 bits per heavy atom. The molecule has 3 nitrogen and oxygen atoms in total. The van der Waals surface area contributed by atoms with Crippen molar-refractivity contribution in [1.82, 2.24) is 5.32 Å². The van der Waals surface area contributed by atoms with Gasteiger partial charge in [0.15, 0.2) is 0 Å². The van der Waals surface area contributed by atoms with Crippen molar-refractivity contribution in [3.8, 4) is 0 Å². The summed E-state index contributed by atoms with van der Waals surface area (Å²) in [5.41, 5.74) is 0. The third-order valence-electron chi connectivity index (χ3n) is 3.65. The quantitative estimate of drug-likeness (QED) is 0.577. The molecular formula is C15H31NO2. The predicted octanol–water partition coefficient (Wildman–Crippen LogP) is 3.13. The number of unbranched alkanes of at least 4 members (excludes halogenated alkanes) is 4. The molecule has 1 aliphatic carbocycles. The fourth-order valence-electron chi connectivity index (χ4n) is 2.56. The van der Waals surface area contributed by atoms with Crippen molar-refractivity contribution in [2.75, 3.05) is 19.8 Å². The summed E-state index contributed by atoms with van der Waals surface area (Å²) in [6.45, 7) is 9.14. The van der Waals surface area contributed by atoms with Crippen LogP contribution in [0.5, 0.6) is 0 Å². The zero-order chi connectivity index (χ0) is 13.2. The Morgan fingerprint density at radius 2 is 1.78 bits per heavy atom. The molecule has 3 unspecified atom stereocenters. The van der Waals surface area contributed by atoms with Crippen molar-refractivity contribution >= 4 is 0 Å². The lowest BCUT2D eigenvalue weighted by Crippen LogP contribution is -2.60. The Balaban J connectivity index is 2.07. The zero-order valence-electron chi connectivity index (χ0n) is 12.4. The average Bonchev–Trinajstić information content (AvgIpc) is 2.37. The first-order valence-electron chi connectivity index (χ1n) is 7.80. The molecule has 0 bridgehead atoms. The lowest BCUT2D eigenvalue weighted by molar-refractivity contribution is -0.145. The van der Waals surface area contributed by atoms with E-state index in [-0.39, 0.29) is 6.10 Å². The van der Waals surface area contributed by atoms with Gasteiger partial charge in [-0.3, -0.25) is 0 Å². The molecule has 3 heteroatoms. The highest BCUT2D eigenvalue weighted by Crippen LogP contribution is 2.27. The third kappa shape index (κ3) is 5.25. The van der Waals surface area contributed by atoms with Gasteiger partial charge in [-0.05, 0) is 26.3 Å². The smallest absolute Gasteiger partial charge is 0.0990 e. The molecule has 3 atom stereocenters. The van der Waals surface area contributed by atoms with E-state index in [0.29, 0.717) is 12.1 Å². The normalized spacial score (nSPS) is 27.2. The van der Waals surface area contributed by atoms with Gasteiger partial charge in [0.05, 0.1) is 12.2 Å². The monoisotopic (exact) mass is 257 g/mol. The summed E-state index contributed by atoms with van der Waals surface area (Å²) in [5.74, 6) is 0. The molecule has 0 aliphatic heterocycles. The molecule has 0 aromatic heterocycles. The fourth-order valence-corrected chi connectivity index (χ4v) is 2.56. The van der Waals surface area contributed by atoms with Gasteiger partial charge in [0.1, 0.15) is 0 Å². The molecule has 1 saturated carbocycles. The third-order valence-corrected chi connectivity index (χ3v) is 3.65. The number of nitrogens with one attached hydrogen (secondary N) is 1. The lowest BCUT2D eigenvalue weighted by Gasteiger charge is -2.44. The summed E-state index contributed by atoms with van der Waals surface area (Å²) in [6, 6.07) is 0.500. The van der Waals surface area contributed by atoms with Crippen LogP contribution in [0, 0.1) is 0 Å². The van der Waals surface area contributed by atoms with E-state index >= 15 is 0 Å². The summed E-state index contributed by atoms with van der Waals surface area (Å²) in [4.78, 5) is 0. The predicted molar refractivity (Wildman–Crippen MR) is 76.0 cm³/mol. The molecule has 1 fully saturated rings. The number of ether oxygens (including phenoxy) is 2. The van der Waals surface area contributed by atoms with Gasteiger partial charge in [0.2, 0.25) is 0 Å². The molecule has 0 saturated heterocycles. The maximum absolute atomic E-state index is 5.93. The van der Waals surface area contributed by atoms with Crippen LogP contribution in [-0.4, -0.2) is 38.0 Å². The van der Waals surface area contributed by atoms with Gasteiger partial charge in [0, 0.05) is 19.3 Å². The van der Waals surface area contributed by atoms with E-state index in [1.807, 2.05) is 0 Å². The minimum Gasteiger partial charge on any atom is -0.375 e. The Morgan fingerprint density at radius 1 is 1.00 bits per heavy atom. The van der Waals surface area contributed by atoms with Gasteiger partial charge in [0.25, 0.3) is 0 Å². The number of hydrogen-bond acceptors (Lipinski definition) is 3. The minimum absolute atomic E-state index is 0.269. The standard InChI is InChI=1S/C15H31NO2/c1-4-7-8-9-10-11-18-14-12-13(16-5-2)15(14)17-6-3/h13-16H,4-12H2,1-3H3. The number of rotatable bonds is 11. The van der Waals surface area contributed by atoms with Gasteiger partial charge >= 0.3 is 0 Å². The first-order valence-corrected chi connectivity index (χ1v) is 7.80. The van der Waals surface area contributed by atoms with E-state index in [1.54, 1.807) is 0 Å². The highest BCUT2D eigenvalue weighted by atomic mass is 16.5. The Hall–Kier alpha value is -0.120. The van der Waals surface area contributed by atoms with Crippen molar-refractivity contribution < 1.29 is 9.47 Å². The van der Waals surface area contributed by atoms with Crippen LogP contribution < -0.4 is 5.32 Å². The van der Waals surface area contributed by atoms with Crippen molar-refractivity contribution in [2.45, 2.75) is 77.5 Å². The van der Waals surface area contributed by atoms with Crippen molar-refractivity contribution in [3.05, 3.63) is 0 Å². The molecule has 0 aromatic carbocycles. The van der Waals surface area contributed by atoms with Gasteiger partial charge in [-0.25, -0.2) is 0 Å². The second-order valence-electron chi connectivity index (χ2n) is 5.14. The number of hydrogen-bond donors (Lipinski definition) is 1. The molecule has 0 radical (unpaired) electrons. The minimum atomic E-state index is 0.269. The Labute approximate surface area is 113 Å². The van der Waals surface area contributed by atoms with Crippen LogP contribution in [0.2, 0.25) is 0 Å². The van der Waals surface area contributed by atoms with E-state index in [0.717, 1.165) is 26.2 Å². The molecule has 1 aliphatic rings. The second-order valence-corrected chi connectivity index (χ2v) is 5.14. The van der Waals surface area contributed by atoms with Crippen LogP contribution in [0.1, 0.15) is 59.3 Å². The largest absolute Gasteiger partial charge is 0.375 e. The maximum Gasteiger partial charge on any atom is 0.0990 e. The van der Waals surface area contributed by atoms with E-state index in [2.05, 4.69) is 26.1 Å². The molecule has 0 spiro atoms. The Kier molecular flexibility index (Phi) is 8.64. The van der Waals surface area contributed by atoms with Gasteiger partial charge in [-0.1, -0.05) is 39.5 Å². The highest BCUT2D eigenvalue weighted by molar-refractivity contribution is 4.97. The van der Waals surface area contributed by atoms with Crippen LogP contribution >= 0.6 is 0 Å². The van der Waals surface area contributed by atoms with Crippen LogP contribution in [-0.2, 0) is 9.47 Å². The zero-order valence-corrected chi connectivity index (χ0v) is 12.4. The topological polar surface area (TPSA) is 30.5 Å². The van der Waals surface area contributed by atoms with Crippen LogP contribution in [0.25, 0.3) is 0 Å². The molecule has 1 rings (SSSR count). The van der Waals surface area contributed by atoms with Gasteiger partial charge in [-0.2, -0.15) is 0 Å². The highest BCUT2D eigenvalue weighted by Gasteiger charge is 2.41. The maximum atomic E-state index is 5.93. The van der Waals surface area contributed by atoms with Crippen molar-refractivity contribution in [2.24, 2.45) is 0 Å². The first kappa shape index (κ1) is 15.9. The van der Waals surface area contributed by atoms with Crippen molar-refractivity contribution in [1.29, 1.82) is 0 Å². The number of likely N-dealkylation sites (N-methyl/N-ethyl adjacent to an activating group) is 1. The van der Waals surface area contributed by atoms with E-state index in [4.69, 9.17) is 9.47 Å². The summed E-state index contributed by atoms with van der Waals surface area (Å²) in [5, 5.41) is 3.46. The molecule has 0 aromatic rings. The van der Waals surface area contributed by atoms with E-state index in [9.17, 15) is 0 Å². The van der Waals surface area contributed by atoms with E-state index in [1.165, 1.54) is 32.1 Å². The van der Waals surface area contributed by atoms with Crippen LogP contribution in [0.3, 0.4) is 0 Å². The molecular weight excluding hydrogens is 226 g/mol. The Bertz CT molecular complexity index is 199. The summed E-state index contributed by atoms with van der Waals surface area (Å²) in [6.07, 6.45) is 8.20. The summed E-state index contributed by atoms with van der Waals surface area (Å²) < 4.78 is 11.7. The summed E-state index contributed by atoms with van der Waals surface area (Å²) in [7, 11) is 0. The summed E-state index contributed by atoms with van der Waals surface area (Å²) >= 11 is 0. The fraction of sp³-hybridized carbons (Fsp3) is 1.00. The van der Waals surface area contributed by atoms with Crippen molar-refractivity contribution in [3.63, 3.8) is 0 Å². The molecule has 0 heterocycles. The molecule has 18 heavy (non-hydrogen) atoms. The SMILES string of the molecule is CCCCCCCOC1CC(NCC)C1OCC. The van der Waals surface area contributed by atoms with Gasteiger partial charge in [-0.15, -0.1) is 0 Å².